The van der Waals surface area contributed by atoms with Gasteiger partial charge in [0.25, 0.3) is 0 Å². The Morgan fingerprint density at radius 2 is 2.00 bits per heavy atom. The monoisotopic (exact) mass is 167 g/mol. The third-order valence-electron chi connectivity index (χ3n) is 2.67. The fraction of sp³-hybridized carbons (Fsp3) is 0.900. The predicted octanol–water partition coefficient (Wildman–Crippen LogP) is 2.68. The second-order valence-corrected chi connectivity index (χ2v) is 3.62. The number of isocyanates is 1. The van der Waals surface area contributed by atoms with E-state index in [1.54, 1.807) is 6.08 Å². The first-order chi connectivity index (χ1) is 5.93. The van der Waals surface area contributed by atoms with Gasteiger partial charge in [-0.3, -0.25) is 0 Å². The molecule has 0 aromatic carbocycles. The first-order valence-corrected chi connectivity index (χ1v) is 4.97. The lowest BCUT2D eigenvalue weighted by molar-refractivity contribution is 0.334. The van der Waals surface area contributed by atoms with Crippen molar-refractivity contribution in [2.45, 2.75) is 44.9 Å². The Bertz CT molecular complexity index is 155. The minimum atomic E-state index is 0.681. The van der Waals surface area contributed by atoms with E-state index in [2.05, 4.69) is 4.99 Å². The number of rotatable bonds is 4. The van der Waals surface area contributed by atoms with E-state index in [-0.39, 0.29) is 0 Å². The van der Waals surface area contributed by atoms with Crippen LogP contribution in [-0.4, -0.2) is 12.6 Å². The third-order valence-corrected chi connectivity index (χ3v) is 2.67. The fourth-order valence-electron chi connectivity index (χ4n) is 1.98. The van der Waals surface area contributed by atoms with Crippen LogP contribution < -0.4 is 0 Å². The fourth-order valence-corrected chi connectivity index (χ4v) is 1.98. The van der Waals surface area contributed by atoms with Crippen molar-refractivity contribution in [2.24, 2.45) is 10.9 Å². The van der Waals surface area contributed by atoms with Crippen LogP contribution in [-0.2, 0) is 4.79 Å². The Kier molecular flexibility index (Phi) is 4.70. The molecule has 0 saturated heterocycles. The Morgan fingerprint density at radius 1 is 1.25 bits per heavy atom. The molecule has 12 heavy (non-hydrogen) atoms. The van der Waals surface area contributed by atoms with Gasteiger partial charge in [0.2, 0.25) is 6.08 Å². The Morgan fingerprint density at radius 3 is 2.67 bits per heavy atom. The first-order valence-electron chi connectivity index (χ1n) is 4.97. The van der Waals surface area contributed by atoms with Crippen molar-refractivity contribution in [3.63, 3.8) is 0 Å². The van der Waals surface area contributed by atoms with Crippen LogP contribution in [0, 0.1) is 5.92 Å². The molecule has 0 atom stereocenters. The van der Waals surface area contributed by atoms with E-state index in [1.165, 1.54) is 38.5 Å². The lowest BCUT2D eigenvalue weighted by atomic mass is 9.86. The topological polar surface area (TPSA) is 29.4 Å². The molecule has 0 N–H and O–H groups in total. The highest BCUT2D eigenvalue weighted by Crippen LogP contribution is 2.26. The van der Waals surface area contributed by atoms with Gasteiger partial charge in [-0.2, -0.15) is 0 Å². The maximum atomic E-state index is 9.76. The van der Waals surface area contributed by atoms with Crippen molar-refractivity contribution in [3.8, 4) is 0 Å². The average molecular weight is 167 g/mol. The van der Waals surface area contributed by atoms with Crippen LogP contribution in [0.25, 0.3) is 0 Å². The van der Waals surface area contributed by atoms with Crippen LogP contribution in [0.3, 0.4) is 0 Å². The van der Waals surface area contributed by atoms with Crippen LogP contribution in [0.15, 0.2) is 4.99 Å². The van der Waals surface area contributed by atoms with Crippen molar-refractivity contribution in [1.82, 2.24) is 0 Å². The van der Waals surface area contributed by atoms with Gasteiger partial charge in [0.05, 0.1) is 6.54 Å². The van der Waals surface area contributed by atoms with Gasteiger partial charge in [0, 0.05) is 0 Å². The van der Waals surface area contributed by atoms with E-state index in [9.17, 15) is 4.79 Å². The summed E-state index contributed by atoms with van der Waals surface area (Å²) in [6.07, 6.45) is 10.9. The summed E-state index contributed by atoms with van der Waals surface area (Å²) < 4.78 is 0. The van der Waals surface area contributed by atoms with Crippen molar-refractivity contribution in [2.75, 3.05) is 6.54 Å². The highest BCUT2D eigenvalue weighted by molar-refractivity contribution is 5.32. The van der Waals surface area contributed by atoms with Gasteiger partial charge in [-0.1, -0.05) is 32.1 Å². The molecule has 1 aliphatic rings. The molecule has 0 heterocycles. The molecular weight excluding hydrogens is 150 g/mol. The third kappa shape index (κ3) is 3.68. The van der Waals surface area contributed by atoms with Gasteiger partial charge in [-0.25, -0.2) is 9.79 Å². The molecule has 0 aromatic heterocycles. The van der Waals surface area contributed by atoms with Gasteiger partial charge >= 0.3 is 0 Å². The first kappa shape index (κ1) is 9.47. The molecule has 1 aliphatic carbocycles. The lowest BCUT2D eigenvalue weighted by Gasteiger charge is -2.20. The summed E-state index contributed by atoms with van der Waals surface area (Å²) in [7, 11) is 0. The summed E-state index contributed by atoms with van der Waals surface area (Å²) >= 11 is 0. The summed E-state index contributed by atoms with van der Waals surface area (Å²) in [6, 6.07) is 0. The van der Waals surface area contributed by atoms with Crippen LogP contribution >= 0.6 is 0 Å². The molecule has 1 fully saturated rings. The van der Waals surface area contributed by atoms with Gasteiger partial charge in [-0.15, -0.1) is 0 Å². The van der Waals surface area contributed by atoms with E-state index in [4.69, 9.17) is 0 Å². The standard InChI is InChI=1S/C10H17NO/c12-9-11-8-4-7-10-5-2-1-3-6-10/h10H,1-8H2. The molecule has 0 aromatic rings. The molecule has 0 spiro atoms. The normalized spacial score (nSPS) is 18.7. The summed E-state index contributed by atoms with van der Waals surface area (Å²) in [4.78, 5) is 13.3. The van der Waals surface area contributed by atoms with Crippen molar-refractivity contribution in [3.05, 3.63) is 0 Å². The van der Waals surface area contributed by atoms with Crippen molar-refractivity contribution >= 4 is 6.08 Å². The maximum absolute atomic E-state index is 9.76. The van der Waals surface area contributed by atoms with E-state index in [0.29, 0.717) is 6.54 Å². The minimum Gasteiger partial charge on any atom is -0.211 e. The molecule has 68 valence electrons. The SMILES string of the molecule is O=C=NCCCC1CCCCC1. The molecule has 0 aliphatic heterocycles. The van der Waals surface area contributed by atoms with E-state index in [0.717, 1.165) is 12.3 Å². The van der Waals surface area contributed by atoms with Crippen LogP contribution in [0.5, 0.6) is 0 Å². The zero-order valence-electron chi connectivity index (χ0n) is 7.59. The molecule has 1 saturated carbocycles. The van der Waals surface area contributed by atoms with Crippen LogP contribution in [0.4, 0.5) is 0 Å². The van der Waals surface area contributed by atoms with E-state index in [1.807, 2.05) is 0 Å². The minimum absolute atomic E-state index is 0.681. The van der Waals surface area contributed by atoms with E-state index < -0.39 is 0 Å². The number of aliphatic imine (C=N–C) groups is 1. The summed E-state index contributed by atoms with van der Waals surface area (Å²) in [5.74, 6) is 0.917. The zero-order chi connectivity index (χ0) is 8.65. The summed E-state index contributed by atoms with van der Waals surface area (Å²) in [5, 5.41) is 0. The highest BCUT2D eigenvalue weighted by atomic mass is 16.1. The highest BCUT2D eigenvalue weighted by Gasteiger charge is 2.11. The average Bonchev–Trinajstić information content (AvgIpc) is 2.14. The van der Waals surface area contributed by atoms with Crippen LogP contribution in [0.1, 0.15) is 44.9 Å². The molecule has 0 radical (unpaired) electrons. The molecule has 0 amide bonds. The number of hydrogen-bond donors (Lipinski definition) is 0. The molecule has 2 heteroatoms. The quantitative estimate of drug-likeness (QED) is 0.359. The van der Waals surface area contributed by atoms with E-state index >= 15 is 0 Å². The van der Waals surface area contributed by atoms with Crippen LogP contribution in [0.2, 0.25) is 0 Å². The number of hydrogen-bond acceptors (Lipinski definition) is 2. The zero-order valence-corrected chi connectivity index (χ0v) is 7.59. The smallest absolute Gasteiger partial charge is 0.211 e. The number of nitrogens with zero attached hydrogens (tertiary/aromatic N) is 1. The molecule has 0 unspecified atom stereocenters. The molecule has 1 rings (SSSR count). The summed E-state index contributed by atoms with van der Waals surface area (Å²) in [5.41, 5.74) is 0. The largest absolute Gasteiger partial charge is 0.234 e. The predicted molar refractivity (Wildman–Crippen MR) is 48.8 cm³/mol. The van der Waals surface area contributed by atoms with Gasteiger partial charge < -0.3 is 0 Å². The van der Waals surface area contributed by atoms with Gasteiger partial charge in [0.15, 0.2) is 0 Å². The van der Waals surface area contributed by atoms with Crippen molar-refractivity contribution in [1.29, 1.82) is 0 Å². The second kappa shape index (κ2) is 5.96. The summed E-state index contributed by atoms with van der Waals surface area (Å²) in [6.45, 7) is 0.681. The molecule has 2 nitrogen and oxygen atoms in total. The maximum Gasteiger partial charge on any atom is 0.234 e. The number of carbonyl (C=O) groups excluding carboxylic acids is 1. The van der Waals surface area contributed by atoms with Crippen molar-refractivity contribution < 1.29 is 4.79 Å². The van der Waals surface area contributed by atoms with Gasteiger partial charge in [-0.05, 0) is 18.8 Å². The van der Waals surface area contributed by atoms with Gasteiger partial charge in [0.1, 0.15) is 0 Å². The second-order valence-electron chi connectivity index (χ2n) is 3.62. The Labute approximate surface area is 74.1 Å². The Balaban J connectivity index is 2.01. The lowest BCUT2D eigenvalue weighted by Crippen LogP contribution is -2.06. The Hall–Kier alpha value is -0.620. The molecular formula is C10H17NO. The molecule has 0 bridgehead atoms.